The molecule has 0 bridgehead atoms. The summed E-state index contributed by atoms with van der Waals surface area (Å²) in [6, 6.07) is 9.61. The second-order valence-corrected chi connectivity index (χ2v) is 3.73. The van der Waals surface area contributed by atoms with Gasteiger partial charge in [0.05, 0.1) is 12.4 Å². The molecule has 1 aromatic heterocycles. The molecule has 0 spiro atoms. The summed E-state index contributed by atoms with van der Waals surface area (Å²) in [5, 5.41) is 34.7. The Balaban J connectivity index is 2.98. The predicted molar refractivity (Wildman–Crippen MR) is 78.8 cm³/mol. The number of furan rings is 1. The third-order valence-corrected chi connectivity index (χ3v) is 2.25. The van der Waals surface area contributed by atoms with E-state index >= 15 is 0 Å². The summed E-state index contributed by atoms with van der Waals surface area (Å²) in [4.78, 5) is 7.46. The highest BCUT2D eigenvalue weighted by molar-refractivity contribution is 5.82. The lowest BCUT2D eigenvalue weighted by molar-refractivity contribution is 0.553. The third kappa shape index (κ3) is 4.61. The minimum Gasteiger partial charge on any atom is -0.454 e. The molecule has 23 heavy (non-hydrogen) atoms. The molecule has 0 unspecified atom stereocenters. The van der Waals surface area contributed by atoms with Gasteiger partial charge in [0.15, 0.2) is 11.4 Å². The minimum atomic E-state index is -0.312. The number of nitrogens with zero attached hydrogens (tertiary/aromatic N) is 6. The highest BCUT2D eigenvalue weighted by atomic mass is 16.3. The van der Waals surface area contributed by atoms with Crippen LogP contribution in [0.25, 0.3) is 0 Å². The standard InChI is InChI=1S/C14H8N8O/c15-3-11(19)13(5-17)21-7-9-1-2-10(23-9)8-22-14(6-18)12(20)4-16/h1-2,7-8H,19-20H2/b13-11-,14-12-,21-7?,22-8?. The van der Waals surface area contributed by atoms with Gasteiger partial charge in [-0.1, -0.05) is 0 Å². The van der Waals surface area contributed by atoms with E-state index in [0.717, 1.165) is 0 Å². The SMILES string of the molecule is N#C/C(N)=C(\C#N)N=Cc1ccc(C=N/C(C#N)=C(\N)C#N)o1. The van der Waals surface area contributed by atoms with Crippen molar-refractivity contribution in [2.75, 3.05) is 0 Å². The van der Waals surface area contributed by atoms with Crippen molar-refractivity contribution in [1.29, 1.82) is 21.0 Å². The van der Waals surface area contributed by atoms with Crippen molar-refractivity contribution in [3.63, 3.8) is 0 Å². The van der Waals surface area contributed by atoms with Gasteiger partial charge in [-0.3, -0.25) is 0 Å². The van der Waals surface area contributed by atoms with E-state index in [-0.39, 0.29) is 34.3 Å². The average molecular weight is 304 g/mol. The summed E-state index contributed by atoms with van der Waals surface area (Å²) < 4.78 is 5.29. The number of allylic oxidation sites excluding steroid dienone is 4. The molecule has 0 aromatic carbocycles. The van der Waals surface area contributed by atoms with Crippen molar-refractivity contribution in [3.8, 4) is 24.3 Å². The van der Waals surface area contributed by atoms with Gasteiger partial charge in [-0.25, -0.2) is 9.98 Å². The van der Waals surface area contributed by atoms with E-state index in [1.807, 2.05) is 0 Å². The van der Waals surface area contributed by atoms with Crippen LogP contribution < -0.4 is 11.5 Å². The first-order valence-electron chi connectivity index (χ1n) is 5.83. The summed E-state index contributed by atoms with van der Waals surface area (Å²) in [6.07, 6.45) is 2.40. The van der Waals surface area contributed by atoms with Gasteiger partial charge in [0, 0.05) is 0 Å². The Morgan fingerprint density at radius 1 is 0.826 bits per heavy atom. The topological polar surface area (TPSA) is 185 Å². The fraction of sp³-hybridized carbons (Fsp3) is 0. The van der Waals surface area contributed by atoms with E-state index in [0.29, 0.717) is 0 Å². The van der Waals surface area contributed by atoms with E-state index in [1.54, 1.807) is 24.3 Å². The van der Waals surface area contributed by atoms with Gasteiger partial charge in [0.25, 0.3) is 0 Å². The Bertz CT molecular complexity index is 814. The third-order valence-electron chi connectivity index (χ3n) is 2.25. The average Bonchev–Trinajstić information content (AvgIpc) is 3.03. The molecule has 0 aliphatic heterocycles. The number of aliphatic imine (C=N–C) groups is 2. The van der Waals surface area contributed by atoms with E-state index < -0.39 is 0 Å². The van der Waals surface area contributed by atoms with Crippen LogP contribution in [-0.4, -0.2) is 12.4 Å². The van der Waals surface area contributed by atoms with Crippen LogP contribution in [0.5, 0.6) is 0 Å². The molecule has 9 nitrogen and oxygen atoms in total. The summed E-state index contributed by atoms with van der Waals surface area (Å²) in [6.45, 7) is 0. The molecule has 1 aromatic rings. The first kappa shape index (κ1) is 16.7. The molecule has 0 radical (unpaired) electrons. The van der Waals surface area contributed by atoms with Crippen molar-refractivity contribution < 1.29 is 4.42 Å². The Morgan fingerprint density at radius 2 is 1.22 bits per heavy atom. The maximum Gasteiger partial charge on any atom is 0.174 e. The monoisotopic (exact) mass is 304 g/mol. The fourth-order valence-electron chi connectivity index (χ4n) is 1.19. The summed E-state index contributed by atoms with van der Waals surface area (Å²) >= 11 is 0. The van der Waals surface area contributed by atoms with E-state index in [4.69, 9.17) is 36.9 Å². The summed E-state index contributed by atoms with van der Waals surface area (Å²) in [5.74, 6) is 0.529. The lowest BCUT2D eigenvalue weighted by Gasteiger charge is -1.90. The molecule has 0 saturated heterocycles. The largest absolute Gasteiger partial charge is 0.454 e. The molecule has 0 aliphatic carbocycles. The predicted octanol–water partition coefficient (Wildman–Crippen LogP) is 0.552. The van der Waals surface area contributed by atoms with Gasteiger partial charge in [-0.15, -0.1) is 0 Å². The summed E-state index contributed by atoms with van der Waals surface area (Å²) in [7, 11) is 0. The van der Waals surface area contributed by atoms with Crippen LogP contribution in [-0.2, 0) is 0 Å². The zero-order valence-electron chi connectivity index (χ0n) is 11.6. The second kappa shape index (κ2) is 8.06. The lowest BCUT2D eigenvalue weighted by atomic mass is 10.3. The lowest BCUT2D eigenvalue weighted by Crippen LogP contribution is -1.97. The van der Waals surface area contributed by atoms with Gasteiger partial charge in [-0.2, -0.15) is 21.0 Å². The first-order chi connectivity index (χ1) is 11.0. The van der Waals surface area contributed by atoms with Crippen LogP contribution in [0.3, 0.4) is 0 Å². The van der Waals surface area contributed by atoms with Crippen molar-refractivity contribution in [2.45, 2.75) is 0 Å². The maximum absolute atomic E-state index is 8.78. The highest BCUT2D eigenvalue weighted by Crippen LogP contribution is 2.07. The molecule has 0 fully saturated rings. The number of nitrogens with two attached hydrogens (primary N) is 2. The maximum atomic E-state index is 8.78. The molecule has 1 heterocycles. The number of nitriles is 4. The van der Waals surface area contributed by atoms with Crippen molar-refractivity contribution in [3.05, 3.63) is 46.4 Å². The van der Waals surface area contributed by atoms with Gasteiger partial charge in [0.2, 0.25) is 0 Å². The van der Waals surface area contributed by atoms with Crippen LogP contribution >= 0.6 is 0 Å². The van der Waals surface area contributed by atoms with Crippen molar-refractivity contribution in [2.24, 2.45) is 21.5 Å². The normalized spacial score (nSPS) is 12.7. The van der Waals surface area contributed by atoms with Gasteiger partial charge >= 0.3 is 0 Å². The van der Waals surface area contributed by atoms with Gasteiger partial charge in [-0.05, 0) is 12.1 Å². The minimum absolute atomic E-state index is 0.240. The number of hydrogen-bond donors (Lipinski definition) is 2. The summed E-state index contributed by atoms with van der Waals surface area (Å²) in [5.41, 5.74) is 9.48. The van der Waals surface area contributed by atoms with Crippen LogP contribution in [0.4, 0.5) is 0 Å². The smallest absolute Gasteiger partial charge is 0.174 e. The zero-order valence-corrected chi connectivity index (χ0v) is 11.6. The Labute approximate surface area is 131 Å². The van der Waals surface area contributed by atoms with Crippen LogP contribution in [0, 0.1) is 45.3 Å². The van der Waals surface area contributed by atoms with Crippen molar-refractivity contribution in [1.82, 2.24) is 0 Å². The quantitative estimate of drug-likeness (QED) is 0.600. The molecule has 0 amide bonds. The molecule has 0 aliphatic rings. The number of rotatable bonds is 4. The van der Waals surface area contributed by atoms with E-state index in [2.05, 4.69) is 9.98 Å². The first-order valence-corrected chi connectivity index (χ1v) is 5.83. The fourth-order valence-corrected chi connectivity index (χ4v) is 1.19. The van der Waals surface area contributed by atoms with E-state index in [9.17, 15) is 0 Å². The molecule has 1 rings (SSSR count). The number of hydrogen-bond acceptors (Lipinski definition) is 9. The second-order valence-electron chi connectivity index (χ2n) is 3.73. The van der Waals surface area contributed by atoms with Crippen LogP contribution in [0.1, 0.15) is 11.5 Å². The molecule has 0 atom stereocenters. The van der Waals surface area contributed by atoms with Crippen molar-refractivity contribution >= 4 is 12.4 Å². The van der Waals surface area contributed by atoms with Crippen LogP contribution in [0.2, 0.25) is 0 Å². The van der Waals surface area contributed by atoms with Gasteiger partial charge < -0.3 is 15.9 Å². The molecule has 0 saturated carbocycles. The molecular weight excluding hydrogens is 296 g/mol. The Kier molecular flexibility index (Phi) is 5.86. The highest BCUT2D eigenvalue weighted by Gasteiger charge is 2.02. The van der Waals surface area contributed by atoms with Crippen LogP contribution in [0.15, 0.2) is 49.3 Å². The van der Waals surface area contributed by atoms with Gasteiger partial charge in [0.1, 0.15) is 47.2 Å². The molecule has 110 valence electrons. The molecule has 4 N–H and O–H groups in total. The molecular formula is C14H8N8O. The Hall–Kier alpha value is -4.34. The zero-order chi connectivity index (χ0) is 17.2. The van der Waals surface area contributed by atoms with E-state index in [1.165, 1.54) is 24.6 Å². The molecule has 9 heteroatoms. The Morgan fingerprint density at radius 3 is 1.52 bits per heavy atom.